The average Bonchev–Trinajstić information content (AvgIpc) is 3.37. The number of aldehydes is 4. The van der Waals surface area contributed by atoms with Crippen LogP contribution >= 0.6 is 0 Å². The van der Waals surface area contributed by atoms with Gasteiger partial charge in [0.1, 0.15) is 78.7 Å². The van der Waals surface area contributed by atoms with Gasteiger partial charge in [0.05, 0.1) is 35.8 Å². The Balaban J connectivity index is 0.000000261. The zero-order chi connectivity index (χ0) is 50.6. The normalized spacial score (nSPS) is 10.3. The highest BCUT2D eigenvalue weighted by Crippen LogP contribution is 2.29. The summed E-state index contributed by atoms with van der Waals surface area (Å²) < 4.78 is 44.2. The Kier molecular flexibility index (Phi) is 18.9. The van der Waals surface area contributed by atoms with Crippen molar-refractivity contribution in [2.24, 2.45) is 0 Å². The molecule has 70 heavy (non-hydrogen) atoms. The van der Waals surface area contributed by atoms with Crippen LogP contribution in [0.5, 0.6) is 46.0 Å². The van der Waals surface area contributed by atoms with Gasteiger partial charge < -0.3 is 48.1 Å². The van der Waals surface area contributed by atoms with Crippen LogP contribution in [0.4, 0.5) is 5.69 Å². The minimum Gasteiger partial charge on any atom is -0.496 e. The number of carbonyl (C=O) groups excluding carboxylic acids is 4. The number of nitro groups is 1. The molecule has 0 saturated carbocycles. The minimum atomic E-state index is -1.14. The smallest absolute Gasteiger partial charge is 0.341 e. The second-order valence-corrected chi connectivity index (χ2v) is 14.8. The molecule has 0 fully saturated rings. The third kappa shape index (κ3) is 15.4. The molecule has 2 N–H and O–H groups in total. The van der Waals surface area contributed by atoms with Gasteiger partial charge in [-0.05, 0) is 120 Å². The van der Waals surface area contributed by atoms with Gasteiger partial charge in [-0.3, -0.25) is 29.3 Å². The van der Waals surface area contributed by atoms with Crippen LogP contribution in [0.25, 0.3) is 0 Å². The molecule has 0 aromatic heterocycles. The maximum atomic E-state index is 11.2. The fraction of sp³-hybridized carbons (Fsp3) is 0.176. The Hall–Kier alpha value is -9.26. The maximum Gasteiger partial charge on any atom is 0.341 e. The topological polar surface area (TPSA) is 260 Å². The predicted octanol–water partition coefficient (Wildman–Crippen LogP) is 8.10. The quantitative estimate of drug-likeness (QED) is 0.0312. The van der Waals surface area contributed by atoms with Gasteiger partial charge in [0.2, 0.25) is 0 Å². The van der Waals surface area contributed by atoms with E-state index in [4.69, 9.17) is 48.1 Å². The number of carboxylic acid groups (broad SMARTS) is 2. The molecule has 6 aromatic rings. The van der Waals surface area contributed by atoms with Gasteiger partial charge in [0, 0.05) is 23.8 Å². The van der Waals surface area contributed by atoms with E-state index in [-0.39, 0.29) is 49.2 Å². The van der Waals surface area contributed by atoms with Gasteiger partial charge in [-0.2, -0.15) is 0 Å². The van der Waals surface area contributed by atoms with Crippen molar-refractivity contribution in [2.75, 3.05) is 27.4 Å². The first-order valence-electron chi connectivity index (χ1n) is 20.8. The van der Waals surface area contributed by atoms with Crippen LogP contribution in [0.15, 0.2) is 109 Å². The van der Waals surface area contributed by atoms with E-state index in [1.807, 2.05) is 13.0 Å². The van der Waals surface area contributed by atoms with Crippen molar-refractivity contribution in [3.63, 3.8) is 0 Å². The molecule has 19 heteroatoms. The Morgan fingerprint density at radius 1 is 0.471 bits per heavy atom. The first-order chi connectivity index (χ1) is 33.7. The number of nitro benzene ring substituents is 1. The van der Waals surface area contributed by atoms with Crippen LogP contribution in [0.1, 0.15) is 69.2 Å². The molecule has 0 atom stereocenters. The molecule has 0 radical (unpaired) electrons. The molecular weight excluding hydrogens is 915 g/mol. The highest BCUT2D eigenvalue weighted by Gasteiger charge is 2.15. The summed E-state index contributed by atoms with van der Waals surface area (Å²) in [6.07, 6.45) is 2.51. The lowest BCUT2D eigenvalue weighted by atomic mass is 10.1. The van der Waals surface area contributed by atoms with Gasteiger partial charge in [-0.1, -0.05) is 6.07 Å². The lowest BCUT2D eigenvalue weighted by Gasteiger charge is -2.14. The van der Waals surface area contributed by atoms with Gasteiger partial charge in [0.25, 0.3) is 5.69 Å². The van der Waals surface area contributed by atoms with Gasteiger partial charge >= 0.3 is 11.9 Å². The number of benzene rings is 6. The zero-order valence-electron chi connectivity index (χ0n) is 37.8. The second kappa shape index (κ2) is 25.6. The molecule has 0 heterocycles. The Bertz CT molecular complexity index is 2780. The van der Waals surface area contributed by atoms with Crippen molar-refractivity contribution < 1.29 is 81.8 Å². The molecule has 0 spiro atoms. The number of carbonyl (C=O) groups is 6. The molecule has 0 aliphatic heterocycles. The summed E-state index contributed by atoms with van der Waals surface area (Å²) in [6, 6.07) is 28.8. The molecule has 6 aromatic carbocycles. The maximum absolute atomic E-state index is 11.2. The molecule has 0 unspecified atom stereocenters. The van der Waals surface area contributed by atoms with Crippen LogP contribution in [0.3, 0.4) is 0 Å². The number of rotatable bonds is 25. The van der Waals surface area contributed by atoms with Crippen LogP contribution in [0, 0.1) is 17.0 Å². The Morgan fingerprint density at radius 3 is 1.19 bits per heavy atom. The first kappa shape index (κ1) is 51.7. The van der Waals surface area contributed by atoms with Crippen molar-refractivity contribution in [3.8, 4) is 46.0 Å². The summed E-state index contributed by atoms with van der Waals surface area (Å²) in [4.78, 5) is 76.7. The van der Waals surface area contributed by atoms with Gasteiger partial charge in [-0.25, -0.2) is 9.59 Å². The highest BCUT2D eigenvalue weighted by atomic mass is 16.6. The number of aliphatic carboxylic acids is 2. The van der Waals surface area contributed by atoms with Gasteiger partial charge in [0.15, 0.2) is 32.1 Å². The SMILES string of the molecule is COc1cc(OCc2cc(COc3ccc(C=O)c(OC)c3)cc(OCC(=O)O)c2)ccc1C=O.Cc1ccc(OCc2cc(COc3ccc([N+](=O)[O-])c(C=O)c3)cc(OCC(=O)O)c2)cc1C=O. The van der Waals surface area contributed by atoms with E-state index in [0.717, 1.165) is 11.8 Å². The van der Waals surface area contributed by atoms with Gasteiger partial charge in [-0.15, -0.1) is 0 Å². The number of hydrogen-bond acceptors (Lipinski definition) is 16. The van der Waals surface area contributed by atoms with Crippen molar-refractivity contribution in [1.29, 1.82) is 0 Å². The zero-order valence-corrected chi connectivity index (χ0v) is 37.8. The van der Waals surface area contributed by atoms with Crippen molar-refractivity contribution in [2.45, 2.75) is 33.4 Å². The Morgan fingerprint density at radius 2 is 0.829 bits per heavy atom. The fourth-order valence-corrected chi connectivity index (χ4v) is 6.39. The monoisotopic (exact) mass is 959 g/mol. The lowest BCUT2D eigenvalue weighted by molar-refractivity contribution is -0.385. The number of ether oxygens (including phenoxy) is 8. The molecule has 6 rings (SSSR count). The van der Waals surface area contributed by atoms with Crippen molar-refractivity contribution in [1.82, 2.24) is 0 Å². The molecule has 0 aliphatic rings. The largest absolute Gasteiger partial charge is 0.496 e. The van der Waals surface area contributed by atoms with Crippen LogP contribution in [-0.4, -0.2) is 79.7 Å². The number of carboxylic acids is 2. The van der Waals surface area contributed by atoms with Crippen LogP contribution in [0.2, 0.25) is 0 Å². The van der Waals surface area contributed by atoms with E-state index < -0.39 is 30.1 Å². The summed E-state index contributed by atoms with van der Waals surface area (Å²) in [5.41, 5.74) is 4.36. The van der Waals surface area contributed by atoms with Crippen molar-refractivity contribution in [3.05, 3.63) is 169 Å². The first-order valence-corrected chi connectivity index (χ1v) is 20.8. The molecule has 0 aliphatic carbocycles. The Labute approximate surface area is 399 Å². The molecule has 0 bridgehead atoms. The van der Waals surface area contributed by atoms with E-state index >= 15 is 0 Å². The number of methoxy groups -OCH3 is 2. The fourth-order valence-electron chi connectivity index (χ4n) is 6.39. The summed E-state index contributed by atoms with van der Waals surface area (Å²) in [5, 5.41) is 28.9. The highest BCUT2D eigenvalue weighted by molar-refractivity contribution is 5.82. The predicted molar refractivity (Wildman–Crippen MR) is 248 cm³/mol. The molecule has 0 saturated heterocycles. The summed E-state index contributed by atoms with van der Waals surface area (Å²) >= 11 is 0. The van der Waals surface area contributed by atoms with E-state index in [1.165, 1.54) is 32.4 Å². The number of hydrogen-bond donors (Lipinski definition) is 2. The van der Waals surface area contributed by atoms with E-state index in [1.54, 1.807) is 84.9 Å². The lowest BCUT2D eigenvalue weighted by Crippen LogP contribution is -2.10. The standard InChI is InChI=1S/C26H24O9.C25H21NO9/c1-31-24-10-21(5-3-19(24)12-27)33-14-17-7-18(9-23(8-17)35-16-26(29)30)15-34-22-6-4-20(13-28)25(11-22)32-2;1-16-2-3-21(9-19(16)11-27)33-13-17-6-18(8-23(7-17)35-15-25(29)30)14-34-22-4-5-24(26(31)32)20(10-22)12-28/h3-13H,14-16H2,1-2H3,(H,29,30);2-12H,13-15H2,1H3,(H,29,30). The molecule has 362 valence electrons. The number of aryl methyl sites for hydroxylation is 1. The summed E-state index contributed by atoms with van der Waals surface area (Å²) in [6.45, 7) is 1.16. The van der Waals surface area contributed by atoms with E-state index in [2.05, 4.69) is 0 Å². The molecular formula is C51H45NO18. The summed E-state index contributed by atoms with van der Waals surface area (Å²) in [5.74, 6) is 0.868. The average molecular weight is 960 g/mol. The molecule has 19 nitrogen and oxygen atoms in total. The van der Waals surface area contributed by atoms with Crippen molar-refractivity contribution >= 4 is 42.8 Å². The third-order valence-corrected chi connectivity index (χ3v) is 9.76. The van der Waals surface area contributed by atoms with Crippen LogP contribution in [-0.2, 0) is 36.0 Å². The third-order valence-electron chi connectivity index (χ3n) is 9.76. The van der Waals surface area contributed by atoms with E-state index in [9.17, 15) is 38.9 Å². The summed E-state index contributed by atoms with van der Waals surface area (Å²) in [7, 11) is 2.92. The van der Waals surface area contributed by atoms with E-state index in [0.29, 0.717) is 92.3 Å². The minimum absolute atomic E-state index is 0.00714. The molecule has 0 amide bonds. The number of nitrogens with zero attached hydrogens (tertiary/aromatic N) is 1. The second-order valence-electron chi connectivity index (χ2n) is 14.8. The van der Waals surface area contributed by atoms with Crippen LogP contribution < -0.4 is 37.9 Å².